The first kappa shape index (κ1) is 33.6. The number of terminal acetylenes is 1. The third kappa shape index (κ3) is 11.4. The molecule has 1 aromatic carbocycles. The molecular formula is C32H40CoN5O4-. The van der Waals surface area contributed by atoms with Gasteiger partial charge in [-0.3, -0.25) is 4.90 Å². The van der Waals surface area contributed by atoms with Crippen LogP contribution < -0.4 is 5.73 Å². The Labute approximate surface area is 259 Å². The minimum Gasteiger partial charge on any atom is -0.399 e. The van der Waals surface area contributed by atoms with E-state index in [-0.39, 0.29) is 22.8 Å². The molecule has 3 aromatic rings. The van der Waals surface area contributed by atoms with Gasteiger partial charge in [0.15, 0.2) is 0 Å². The van der Waals surface area contributed by atoms with Crippen LogP contribution in [0, 0.1) is 18.5 Å². The van der Waals surface area contributed by atoms with Crippen LogP contribution in [0.15, 0.2) is 60.7 Å². The first-order valence-corrected chi connectivity index (χ1v) is 14.1. The number of aromatic nitrogens is 2. The second kappa shape index (κ2) is 19.4. The molecule has 1 fully saturated rings. The summed E-state index contributed by atoms with van der Waals surface area (Å²) in [5.41, 5.74) is 10.2. The number of nitrogens with zero attached hydrogens (tertiary/aromatic N) is 4. The molecule has 10 heteroatoms. The van der Waals surface area contributed by atoms with Gasteiger partial charge in [0.2, 0.25) is 0 Å². The largest absolute Gasteiger partial charge is 0.399 e. The van der Waals surface area contributed by atoms with Crippen LogP contribution in [0.4, 0.5) is 5.69 Å². The molecular weight excluding hydrogens is 577 g/mol. The summed E-state index contributed by atoms with van der Waals surface area (Å²) < 4.78 is 23.8. The van der Waals surface area contributed by atoms with Crippen LogP contribution in [0.1, 0.15) is 28.7 Å². The van der Waals surface area contributed by atoms with E-state index in [1.807, 2.05) is 54.6 Å². The molecule has 1 unspecified atom stereocenters. The van der Waals surface area contributed by atoms with Crippen LogP contribution in [-0.2, 0) is 42.3 Å². The van der Waals surface area contributed by atoms with Crippen molar-refractivity contribution in [1.29, 1.82) is 0 Å². The molecule has 1 atom stereocenters. The normalized spacial score (nSPS) is 18.1. The van der Waals surface area contributed by atoms with Gasteiger partial charge in [-0.15, -0.1) is 6.42 Å². The van der Waals surface area contributed by atoms with Crippen molar-refractivity contribution in [3.63, 3.8) is 0 Å². The minimum atomic E-state index is -0.142. The van der Waals surface area contributed by atoms with Crippen molar-refractivity contribution in [3.05, 3.63) is 89.5 Å². The molecule has 1 aliphatic heterocycles. The average Bonchev–Trinajstić information content (AvgIpc) is 3.00. The number of hydrogen-bond acceptors (Lipinski definition) is 9. The summed E-state index contributed by atoms with van der Waals surface area (Å²) in [5.74, 6) is 2.66. The quantitative estimate of drug-likeness (QED) is 0.264. The monoisotopic (exact) mass is 617 g/mol. The van der Waals surface area contributed by atoms with E-state index in [9.17, 15) is 0 Å². The second-order valence-electron chi connectivity index (χ2n) is 9.68. The van der Waals surface area contributed by atoms with Crippen molar-refractivity contribution in [2.75, 3.05) is 84.8 Å². The van der Waals surface area contributed by atoms with Gasteiger partial charge in [-0.2, -0.15) is 18.2 Å². The predicted octanol–water partition coefficient (Wildman–Crippen LogP) is 2.81. The maximum atomic E-state index is 5.99. The van der Waals surface area contributed by atoms with E-state index < -0.39 is 0 Å². The van der Waals surface area contributed by atoms with Crippen molar-refractivity contribution in [2.24, 2.45) is 0 Å². The molecule has 0 bridgehead atoms. The van der Waals surface area contributed by atoms with Crippen LogP contribution in [0.25, 0.3) is 0 Å². The molecule has 0 spiro atoms. The number of pyridine rings is 2. The zero-order valence-corrected chi connectivity index (χ0v) is 25.0. The maximum absolute atomic E-state index is 5.99. The summed E-state index contributed by atoms with van der Waals surface area (Å²) in [7, 11) is 0. The Morgan fingerprint density at radius 3 is 2.00 bits per heavy atom. The van der Waals surface area contributed by atoms with E-state index in [2.05, 4.69) is 26.9 Å². The molecule has 4 rings (SSSR count). The fraction of sp³-hybridized carbons (Fsp3) is 0.438. The molecule has 1 aliphatic rings. The molecule has 3 heterocycles. The first-order valence-electron chi connectivity index (χ1n) is 14.1. The Balaban J connectivity index is 0.00000484. The smallest absolute Gasteiger partial charge is 0.113 e. The summed E-state index contributed by atoms with van der Waals surface area (Å²) in [6, 6.07) is 19.3. The average molecular weight is 618 g/mol. The Morgan fingerprint density at radius 2 is 1.43 bits per heavy atom. The number of rotatable bonds is 5. The minimum absolute atomic E-state index is 0. The van der Waals surface area contributed by atoms with Gasteiger partial charge in [-0.1, -0.05) is 36.0 Å². The van der Waals surface area contributed by atoms with Crippen LogP contribution in [-0.4, -0.2) is 98.8 Å². The molecule has 0 amide bonds. The molecule has 0 aliphatic carbocycles. The molecule has 2 N–H and O–H groups in total. The van der Waals surface area contributed by atoms with Gasteiger partial charge in [-0.25, -0.2) is 4.98 Å². The van der Waals surface area contributed by atoms with Crippen LogP contribution in [0.2, 0.25) is 0 Å². The molecule has 9 nitrogen and oxygen atoms in total. The van der Waals surface area contributed by atoms with Gasteiger partial charge >= 0.3 is 0 Å². The van der Waals surface area contributed by atoms with Crippen molar-refractivity contribution < 1.29 is 35.7 Å². The summed E-state index contributed by atoms with van der Waals surface area (Å²) in [6.45, 7) is 7.98. The van der Waals surface area contributed by atoms with Gasteiger partial charge in [0.1, 0.15) is 5.69 Å². The Bertz CT molecular complexity index is 1180. The van der Waals surface area contributed by atoms with Gasteiger partial charge in [-0.05, 0) is 36.4 Å². The topological polar surface area (TPSA) is 95.2 Å². The van der Waals surface area contributed by atoms with E-state index in [0.717, 1.165) is 36.6 Å². The van der Waals surface area contributed by atoms with Gasteiger partial charge in [0.25, 0.3) is 0 Å². The summed E-state index contributed by atoms with van der Waals surface area (Å²) >= 11 is 0. The van der Waals surface area contributed by atoms with E-state index in [1.165, 1.54) is 0 Å². The summed E-state index contributed by atoms with van der Waals surface area (Å²) in [6.07, 6.45) is 8.58. The zero-order chi connectivity index (χ0) is 28.5. The molecule has 227 valence electrons. The molecule has 2 aromatic heterocycles. The Morgan fingerprint density at radius 1 is 0.810 bits per heavy atom. The van der Waals surface area contributed by atoms with E-state index in [4.69, 9.17) is 36.1 Å². The maximum Gasteiger partial charge on any atom is 0.113 e. The summed E-state index contributed by atoms with van der Waals surface area (Å²) in [4.78, 5) is 13.7. The Kier molecular flexibility index (Phi) is 15.5. The number of benzene rings is 1. The molecule has 1 radical (unpaired) electrons. The fourth-order valence-electron chi connectivity index (χ4n) is 4.64. The Hall–Kier alpha value is -2.85. The predicted molar refractivity (Wildman–Crippen MR) is 158 cm³/mol. The molecule has 1 saturated heterocycles. The van der Waals surface area contributed by atoms with Crippen LogP contribution in [0.5, 0.6) is 0 Å². The van der Waals surface area contributed by atoms with Gasteiger partial charge in [0.05, 0.1) is 64.6 Å². The first-order chi connectivity index (χ1) is 20.2. The second-order valence-corrected chi connectivity index (χ2v) is 9.68. The number of nitrogen functional groups attached to an aromatic ring is 1. The summed E-state index contributed by atoms with van der Waals surface area (Å²) in [5, 5.41) is 0. The third-order valence-corrected chi connectivity index (χ3v) is 6.76. The number of anilines is 1. The fourth-order valence-corrected chi connectivity index (χ4v) is 4.64. The van der Waals surface area contributed by atoms with Crippen LogP contribution >= 0.6 is 0 Å². The standard InChI is InChI=1S/C32H40N5O4.Co/c1-2-29-7-5-8-31(35-29)32(27-9-11-28(33)12-10-27)37-16-20-40-24-22-38-18-14-36(26-30-6-3-4-13-34-30)15-19-39-23-25-41-21-17-37;/h1,3-12,32H,14-26,33H2;/q-1;. The SMILES string of the molecule is C#Cc1cccc(C(c2ccc(N)cc2)N2CCOCCOCCN(Cc3ccc[c-]n3)CCOCCOCC2)n1.[Co]. The van der Waals surface area contributed by atoms with Crippen molar-refractivity contribution in [3.8, 4) is 12.3 Å². The van der Waals surface area contributed by atoms with Crippen molar-refractivity contribution >= 4 is 5.69 Å². The zero-order valence-electron chi connectivity index (χ0n) is 24.0. The van der Waals surface area contributed by atoms with E-state index in [0.29, 0.717) is 77.3 Å². The van der Waals surface area contributed by atoms with E-state index in [1.54, 1.807) is 6.07 Å². The number of nitrogens with two attached hydrogens (primary N) is 1. The number of hydrogen-bond donors (Lipinski definition) is 1. The van der Waals surface area contributed by atoms with Crippen molar-refractivity contribution in [1.82, 2.24) is 19.8 Å². The van der Waals surface area contributed by atoms with Gasteiger partial charge < -0.3 is 34.6 Å². The van der Waals surface area contributed by atoms with Gasteiger partial charge in [0, 0.05) is 48.6 Å². The van der Waals surface area contributed by atoms with Crippen LogP contribution in [0.3, 0.4) is 0 Å². The van der Waals surface area contributed by atoms with Crippen molar-refractivity contribution in [2.45, 2.75) is 12.6 Å². The third-order valence-electron chi connectivity index (χ3n) is 6.76. The molecule has 42 heavy (non-hydrogen) atoms. The van der Waals surface area contributed by atoms with E-state index >= 15 is 0 Å². The number of ether oxygens (including phenoxy) is 4. The molecule has 0 saturated carbocycles.